The Balaban J connectivity index is 1.86. The quantitative estimate of drug-likeness (QED) is 0.807. The van der Waals surface area contributed by atoms with Crippen molar-refractivity contribution >= 4 is 5.97 Å². The lowest BCUT2D eigenvalue weighted by molar-refractivity contribution is -0.131. The highest BCUT2D eigenvalue weighted by Gasteiger charge is 2.22. The Morgan fingerprint density at radius 3 is 2.88 bits per heavy atom. The molecule has 0 amide bonds. The topological polar surface area (TPSA) is 40.5 Å². The van der Waals surface area contributed by atoms with Crippen molar-refractivity contribution in [3.8, 4) is 0 Å². The summed E-state index contributed by atoms with van der Waals surface area (Å²) in [6.07, 6.45) is 4.09. The molecular formula is C14H17NO2. The van der Waals surface area contributed by atoms with E-state index in [9.17, 15) is 4.79 Å². The Labute approximate surface area is 101 Å². The van der Waals surface area contributed by atoms with Gasteiger partial charge in [0.05, 0.1) is 0 Å². The lowest BCUT2D eigenvalue weighted by atomic mass is 9.99. The average Bonchev–Trinajstić information content (AvgIpc) is 2.78. The fourth-order valence-electron chi connectivity index (χ4n) is 2.30. The van der Waals surface area contributed by atoms with Crippen molar-refractivity contribution in [2.24, 2.45) is 0 Å². The fraction of sp³-hybridized carbons (Fsp3) is 0.357. The van der Waals surface area contributed by atoms with Gasteiger partial charge < -0.3 is 5.11 Å². The Kier molecular flexibility index (Phi) is 3.94. The van der Waals surface area contributed by atoms with Crippen LogP contribution >= 0.6 is 0 Å². The predicted molar refractivity (Wildman–Crippen MR) is 67.0 cm³/mol. The van der Waals surface area contributed by atoms with Gasteiger partial charge in [-0.25, -0.2) is 4.79 Å². The van der Waals surface area contributed by atoms with Gasteiger partial charge in [0.2, 0.25) is 0 Å². The molecule has 3 nitrogen and oxygen atoms in total. The molecule has 1 aliphatic rings. The largest absolute Gasteiger partial charge is 0.478 e. The van der Waals surface area contributed by atoms with Crippen LogP contribution in [0.15, 0.2) is 42.5 Å². The molecule has 1 aromatic rings. The van der Waals surface area contributed by atoms with E-state index in [1.807, 2.05) is 6.07 Å². The molecule has 1 aromatic carbocycles. The third kappa shape index (κ3) is 3.43. The van der Waals surface area contributed by atoms with E-state index in [1.54, 1.807) is 6.08 Å². The second-order valence-electron chi connectivity index (χ2n) is 4.40. The Morgan fingerprint density at radius 2 is 2.18 bits per heavy atom. The minimum atomic E-state index is -0.871. The molecule has 1 heterocycles. The van der Waals surface area contributed by atoms with E-state index in [2.05, 4.69) is 29.2 Å². The van der Waals surface area contributed by atoms with Gasteiger partial charge in [0.1, 0.15) is 0 Å². The first-order valence-electron chi connectivity index (χ1n) is 5.92. The Morgan fingerprint density at radius 1 is 1.41 bits per heavy atom. The molecule has 90 valence electrons. The highest BCUT2D eigenvalue weighted by Crippen LogP contribution is 2.26. The summed E-state index contributed by atoms with van der Waals surface area (Å²) in [5, 5.41) is 8.51. The third-order valence-electron chi connectivity index (χ3n) is 3.17. The molecule has 3 heteroatoms. The van der Waals surface area contributed by atoms with Crippen molar-refractivity contribution in [3.05, 3.63) is 48.0 Å². The number of benzene rings is 1. The molecule has 0 spiro atoms. The molecule has 1 unspecified atom stereocenters. The van der Waals surface area contributed by atoms with Crippen molar-refractivity contribution in [3.63, 3.8) is 0 Å². The van der Waals surface area contributed by atoms with Gasteiger partial charge >= 0.3 is 5.97 Å². The van der Waals surface area contributed by atoms with Gasteiger partial charge in [-0.05, 0) is 24.4 Å². The minimum Gasteiger partial charge on any atom is -0.478 e. The van der Waals surface area contributed by atoms with Gasteiger partial charge in [-0.15, -0.1) is 0 Å². The monoisotopic (exact) mass is 231 g/mol. The number of hydrogen-bond acceptors (Lipinski definition) is 2. The molecule has 0 aromatic heterocycles. The van der Waals surface area contributed by atoms with E-state index < -0.39 is 5.97 Å². The minimum absolute atomic E-state index is 0.592. The lowest BCUT2D eigenvalue weighted by Gasteiger charge is -2.13. The van der Waals surface area contributed by atoms with Crippen LogP contribution in [-0.2, 0) is 4.79 Å². The zero-order valence-electron chi connectivity index (χ0n) is 9.75. The van der Waals surface area contributed by atoms with Crippen molar-refractivity contribution in [2.45, 2.75) is 12.3 Å². The Bertz CT molecular complexity index is 400. The summed E-state index contributed by atoms with van der Waals surface area (Å²) in [5.41, 5.74) is 1.39. The summed E-state index contributed by atoms with van der Waals surface area (Å²) in [7, 11) is 0. The molecule has 0 radical (unpaired) electrons. The van der Waals surface area contributed by atoms with Crippen molar-refractivity contribution in [1.29, 1.82) is 0 Å². The molecular weight excluding hydrogens is 214 g/mol. The van der Waals surface area contributed by atoms with E-state index in [4.69, 9.17) is 5.11 Å². The van der Waals surface area contributed by atoms with Crippen LogP contribution in [0.3, 0.4) is 0 Å². The second kappa shape index (κ2) is 5.64. The van der Waals surface area contributed by atoms with Crippen LogP contribution in [0.2, 0.25) is 0 Å². The van der Waals surface area contributed by atoms with Crippen LogP contribution in [-0.4, -0.2) is 35.6 Å². The number of carboxylic acid groups (broad SMARTS) is 1. The molecule has 2 rings (SSSR count). The van der Waals surface area contributed by atoms with Crippen LogP contribution in [0.25, 0.3) is 0 Å². The van der Waals surface area contributed by atoms with Crippen LogP contribution in [0.1, 0.15) is 17.9 Å². The van der Waals surface area contributed by atoms with Crippen LogP contribution in [0.5, 0.6) is 0 Å². The first-order valence-corrected chi connectivity index (χ1v) is 5.92. The molecule has 1 N–H and O–H groups in total. The summed E-state index contributed by atoms with van der Waals surface area (Å²) in [4.78, 5) is 12.6. The normalized spacial score (nSPS) is 21.1. The van der Waals surface area contributed by atoms with Gasteiger partial charge in [0.15, 0.2) is 0 Å². The number of nitrogens with zero attached hydrogens (tertiary/aromatic N) is 1. The van der Waals surface area contributed by atoms with Crippen molar-refractivity contribution in [1.82, 2.24) is 4.90 Å². The maximum atomic E-state index is 10.4. The maximum absolute atomic E-state index is 10.4. The Hall–Kier alpha value is -1.61. The summed E-state index contributed by atoms with van der Waals surface area (Å²) < 4.78 is 0. The van der Waals surface area contributed by atoms with Gasteiger partial charge in [0.25, 0.3) is 0 Å². The molecule has 1 saturated heterocycles. The summed E-state index contributed by atoms with van der Waals surface area (Å²) in [6, 6.07) is 10.5. The number of rotatable bonds is 4. The number of carboxylic acids is 1. The molecule has 0 bridgehead atoms. The molecule has 17 heavy (non-hydrogen) atoms. The number of aliphatic carboxylic acids is 1. The number of carbonyl (C=O) groups is 1. The zero-order chi connectivity index (χ0) is 12.1. The van der Waals surface area contributed by atoms with Crippen LogP contribution in [0.4, 0.5) is 0 Å². The zero-order valence-corrected chi connectivity index (χ0v) is 9.75. The van der Waals surface area contributed by atoms with Gasteiger partial charge in [0, 0.05) is 19.2 Å². The van der Waals surface area contributed by atoms with Crippen LogP contribution in [0, 0.1) is 0 Å². The molecule has 1 atom stereocenters. The summed E-state index contributed by atoms with van der Waals surface area (Å²) in [5.74, 6) is -0.279. The third-order valence-corrected chi connectivity index (χ3v) is 3.17. The average molecular weight is 231 g/mol. The lowest BCUT2D eigenvalue weighted by Crippen LogP contribution is -2.20. The highest BCUT2D eigenvalue weighted by atomic mass is 16.4. The molecule has 1 fully saturated rings. The SMILES string of the molecule is O=C(O)C=CCN1CCC(c2ccccc2)C1. The predicted octanol–water partition coefficient (Wildman–Crippen LogP) is 2.12. The smallest absolute Gasteiger partial charge is 0.328 e. The molecule has 1 aliphatic heterocycles. The molecule has 0 aliphatic carbocycles. The first-order chi connectivity index (χ1) is 8.25. The number of hydrogen-bond donors (Lipinski definition) is 1. The van der Waals surface area contributed by atoms with Gasteiger partial charge in [-0.3, -0.25) is 4.90 Å². The van der Waals surface area contributed by atoms with E-state index >= 15 is 0 Å². The first kappa shape index (κ1) is 11.9. The standard InChI is InChI=1S/C14H17NO2/c16-14(17)7-4-9-15-10-8-13(11-15)12-5-2-1-3-6-12/h1-7,13H,8-11H2,(H,16,17). The van der Waals surface area contributed by atoms with E-state index in [0.717, 1.165) is 26.1 Å². The van der Waals surface area contributed by atoms with E-state index in [1.165, 1.54) is 11.6 Å². The summed E-state index contributed by atoms with van der Waals surface area (Å²) >= 11 is 0. The van der Waals surface area contributed by atoms with Crippen molar-refractivity contribution in [2.75, 3.05) is 19.6 Å². The van der Waals surface area contributed by atoms with Gasteiger partial charge in [-0.2, -0.15) is 0 Å². The van der Waals surface area contributed by atoms with Crippen LogP contribution < -0.4 is 0 Å². The highest BCUT2D eigenvalue weighted by molar-refractivity contribution is 5.79. The van der Waals surface area contributed by atoms with Crippen molar-refractivity contribution < 1.29 is 9.90 Å². The molecule has 0 saturated carbocycles. The van der Waals surface area contributed by atoms with E-state index in [-0.39, 0.29) is 0 Å². The number of likely N-dealkylation sites (tertiary alicyclic amines) is 1. The van der Waals surface area contributed by atoms with E-state index in [0.29, 0.717) is 5.92 Å². The van der Waals surface area contributed by atoms with Gasteiger partial charge in [-0.1, -0.05) is 36.4 Å². The fourth-order valence-corrected chi connectivity index (χ4v) is 2.30. The second-order valence-corrected chi connectivity index (χ2v) is 4.40. The maximum Gasteiger partial charge on any atom is 0.328 e. The summed E-state index contributed by atoms with van der Waals surface area (Å²) in [6.45, 7) is 2.80.